The number of carbonyl (C=O) groups excluding carboxylic acids is 1. The van der Waals surface area contributed by atoms with Gasteiger partial charge in [0.05, 0.1) is 5.69 Å². The molecule has 2 N–H and O–H groups in total. The van der Waals surface area contributed by atoms with Crippen LogP contribution >= 0.6 is 0 Å². The van der Waals surface area contributed by atoms with E-state index in [0.717, 1.165) is 37.4 Å². The number of nitrogen functional groups attached to an aromatic ring is 1. The largest absolute Gasteiger partial charge is 0.462 e. The van der Waals surface area contributed by atoms with Crippen LogP contribution in [0.1, 0.15) is 44.1 Å². The van der Waals surface area contributed by atoms with Crippen molar-refractivity contribution in [3.05, 3.63) is 17.8 Å². The Kier molecular flexibility index (Phi) is 3.51. The second kappa shape index (κ2) is 5.31. The van der Waals surface area contributed by atoms with Crippen LogP contribution < -0.4 is 10.6 Å². The first-order valence-corrected chi connectivity index (χ1v) is 7.31. The molecule has 0 aromatic carbocycles. The molecule has 2 aliphatic rings. The number of carbonyl (C=O) groups is 1. The Hall–Kier alpha value is -1.78. The minimum absolute atomic E-state index is 0.0377. The van der Waals surface area contributed by atoms with Gasteiger partial charge in [-0.25, -0.2) is 4.98 Å². The van der Waals surface area contributed by atoms with E-state index in [1.54, 1.807) is 0 Å². The van der Waals surface area contributed by atoms with E-state index < -0.39 is 0 Å². The number of rotatable bonds is 3. The molecule has 1 aromatic heterocycles. The third-order valence-corrected chi connectivity index (χ3v) is 4.04. The second-order valence-electron chi connectivity index (χ2n) is 5.75. The van der Waals surface area contributed by atoms with Crippen LogP contribution in [0.15, 0.2) is 12.3 Å². The highest BCUT2D eigenvalue weighted by Crippen LogP contribution is 2.41. The van der Waals surface area contributed by atoms with Gasteiger partial charge in [-0.1, -0.05) is 0 Å². The maximum atomic E-state index is 11.0. The lowest BCUT2D eigenvalue weighted by molar-refractivity contribution is -0.147. The zero-order chi connectivity index (χ0) is 14.1. The third kappa shape index (κ3) is 2.86. The Labute approximate surface area is 119 Å². The number of pyridine rings is 1. The van der Waals surface area contributed by atoms with Gasteiger partial charge >= 0.3 is 5.97 Å². The maximum Gasteiger partial charge on any atom is 0.302 e. The molecule has 0 bridgehead atoms. The first-order chi connectivity index (χ1) is 9.63. The summed E-state index contributed by atoms with van der Waals surface area (Å²) < 4.78 is 5.25. The van der Waals surface area contributed by atoms with Crippen molar-refractivity contribution < 1.29 is 9.53 Å². The molecule has 1 aliphatic carbocycles. The summed E-state index contributed by atoms with van der Waals surface area (Å²) in [7, 11) is 0. The number of hydrogen-bond acceptors (Lipinski definition) is 5. The molecule has 20 heavy (non-hydrogen) atoms. The summed E-state index contributed by atoms with van der Waals surface area (Å²) in [6.07, 6.45) is 6.19. The molecule has 0 unspecified atom stereocenters. The average Bonchev–Trinajstić information content (AvgIpc) is 3.23. The summed E-state index contributed by atoms with van der Waals surface area (Å²) in [6, 6.07) is 2.07. The number of nitrogens with two attached hydrogens (primary N) is 1. The van der Waals surface area contributed by atoms with Gasteiger partial charge in [0.15, 0.2) is 5.82 Å². The predicted molar refractivity (Wildman–Crippen MR) is 77.6 cm³/mol. The van der Waals surface area contributed by atoms with E-state index in [1.807, 2.05) is 6.20 Å². The summed E-state index contributed by atoms with van der Waals surface area (Å²) in [5.74, 6) is 1.35. The van der Waals surface area contributed by atoms with Crippen molar-refractivity contribution in [2.45, 2.75) is 44.6 Å². The number of nitrogens with zero attached hydrogens (tertiary/aromatic N) is 2. The number of ether oxygens (including phenoxy) is 1. The fourth-order valence-electron chi connectivity index (χ4n) is 2.82. The number of anilines is 2. The summed E-state index contributed by atoms with van der Waals surface area (Å²) in [4.78, 5) is 17.7. The van der Waals surface area contributed by atoms with Gasteiger partial charge in [-0.2, -0.15) is 0 Å². The van der Waals surface area contributed by atoms with Crippen LogP contribution in [-0.2, 0) is 9.53 Å². The van der Waals surface area contributed by atoms with Gasteiger partial charge in [0, 0.05) is 39.1 Å². The minimum Gasteiger partial charge on any atom is -0.462 e. The molecule has 0 atom stereocenters. The zero-order valence-corrected chi connectivity index (χ0v) is 11.8. The molecular weight excluding hydrogens is 254 g/mol. The quantitative estimate of drug-likeness (QED) is 0.855. The number of hydrogen-bond donors (Lipinski definition) is 1. The Bertz CT molecular complexity index is 506. The van der Waals surface area contributed by atoms with E-state index in [0.29, 0.717) is 5.92 Å². The van der Waals surface area contributed by atoms with Crippen LogP contribution in [-0.4, -0.2) is 30.1 Å². The maximum absolute atomic E-state index is 11.0. The predicted octanol–water partition coefficient (Wildman–Crippen LogP) is 2.07. The first-order valence-electron chi connectivity index (χ1n) is 7.31. The van der Waals surface area contributed by atoms with E-state index >= 15 is 0 Å². The molecule has 3 rings (SSSR count). The standard InChI is InChI=1S/C15H21N3O2/c1-10(19)20-13-4-6-18(7-5-13)15-14(16)8-12(9-17-15)11-2-3-11/h8-9,11,13H,2-7,16H2,1H3. The SMILES string of the molecule is CC(=O)OC1CCN(c2ncc(C3CC3)cc2N)CC1. The normalized spacial score (nSPS) is 19.9. The van der Waals surface area contributed by atoms with Crippen LogP contribution in [0.25, 0.3) is 0 Å². The Morgan fingerprint density at radius 2 is 2.05 bits per heavy atom. The van der Waals surface area contributed by atoms with Crippen molar-refractivity contribution in [1.29, 1.82) is 0 Å². The van der Waals surface area contributed by atoms with Crippen LogP contribution in [0.2, 0.25) is 0 Å². The van der Waals surface area contributed by atoms with Crippen molar-refractivity contribution in [3.63, 3.8) is 0 Å². The summed E-state index contributed by atoms with van der Waals surface area (Å²) in [5.41, 5.74) is 8.17. The summed E-state index contributed by atoms with van der Waals surface area (Å²) >= 11 is 0. The van der Waals surface area contributed by atoms with Gasteiger partial charge in [0.2, 0.25) is 0 Å². The topological polar surface area (TPSA) is 68.5 Å². The highest BCUT2D eigenvalue weighted by atomic mass is 16.5. The average molecular weight is 275 g/mol. The molecule has 0 spiro atoms. The molecule has 5 heteroatoms. The molecule has 1 saturated heterocycles. The van der Waals surface area contributed by atoms with E-state index in [2.05, 4.69) is 16.0 Å². The lowest BCUT2D eigenvalue weighted by Crippen LogP contribution is -2.38. The van der Waals surface area contributed by atoms with Gasteiger partial charge in [0.25, 0.3) is 0 Å². The fraction of sp³-hybridized carbons (Fsp3) is 0.600. The molecule has 108 valence electrons. The smallest absolute Gasteiger partial charge is 0.302 e. The third-order valence-electron chi connectivity index (χ3n) is 4.04. The molecule has 1 aliphatic heterocycles. The van der Waals surface area contributed by atoms with Crippen molar-refractivity contribution >= 4 is 17.5 Å². The van der Waals surface area contributed by atoms with Crippen LogP contribution in [0, 0.1) is 0 Å². The van der Waals surface area contributed by atoms with Gasteiger partial charge in [0.1, 0.15) is 6.10 Å². The zero-order valence-electron chi connectivity index (χ0n) is 11.8. The van der Waals surface area contributed by atoms with E-state index in [9.17, 15) is 4.79 Å². The monoisotopic (exact) mass is 275 g/mol. The van der Waals surface area contributed by atoms with Gasteiger partial charge in [-0.15, -0.1) is 0 Å². The van der Waals surface area contributed by atoms with Crippen LogP contribution in [0.4, 0.5) is 11.5 Å². The lowest BCUT2D eigenvalue weighted by Gasteiger charge is -2.33. The van der Waals surface area contributed by atoms with E-state index in [1.165, 1.54) is 25.3 Å². The highest BCUT2D eigenvalue weighted by Gasteiger charge is 2.26. The first kappa shape index (κ1) is 13.2. The number of esters is 1. The molecular formula is C15H21N3O2. The summed E-state index contributed by atoms with van der Waals surface area (Å²) in [6.45, 7) is 3.12. The van der Waals surface area contributed by atoms with E-state index in [-0.39, 0.29) is 12.1 Å². The molecule has 2 fully saturated rings. The van der Waals surface area contributed by atoms with Crippen molar-refractivity contribution in [2.24, 2.45) is 0 Å². The van der Waals surface area contributed by atoms with E-state index in [4.69, 9.17) is 10.5 Å². The van der Waals surface area contributed by atoms with Gasteiger partial charge in [-0.3, -0.25) is 4.79 Å². The lowest BCUT2D eigenvalue weighted by atomic mass is 10.1. The van der Waals surface area contributed by atoms with Crippen molar-refractivity contribution in [3.8, 4) is 0 Å². The van der Waals surface area contributed by atoms with Crippen LogP contribution in [0.3, 0.4) is 0 Å². The van der Waals surface area contributed by atoms with Crippen molar-refractivity contribution in [2.75, 3.05) is 23.7 Å². The molecule has 0 radical (unpaired) electrons. The molecule has 1 aromatic rings. The van der Waals surface area contributed by atoms with Gasteiger partial charge in [-0.05, 0) is 30.4 Å². The molecule has 5 nitrogen and oxygen atoms in total. The second-order valence-corrected chi connectivity index (χ2v) is 5.75. The van der Waals surface area contributed by atoms with Gasteiger partial charge < -0.3 is 15.4 Å². The summed E-state index contributed by atoms with van der Waals surface area (Å²) in [5, 5.41) is 0. The Balaban J connectivity index is 1.64. The number of aromatic nitrogens is 1. The molecule has 2 heterocycles. The molecule has 1 saturated carbocycles. The fourth-order valence-corrected chi connectivity index (χ4v) is 2.82. The Morgan fingerprint density at radius 3 is 2.60 bits per heavy atom. The van der Waals surface area contributed by atoms with Crippen molar-refractivity contribution in [1.82, 2.24) is 4.98 Å². The molecule has 0 amide bonds. The highest BCUT2D eigenvalue weighted by molar-refractivity contribution is 5.66. The number of piperidine rings is 1. The Morgan fingerprint density at radius 1 is 1.35 bits per heavy atom. The van der Waals surface area contributed by atoms with Crippen LogP contribution in [0.5, 0.6) is 0 Å². The minimum atomic E-state index is -0.199.